The first-order chi connectivity index (χ1) is 8.65. The van der Waals surface area contributed by atoms with Gasteiger partial charge in [0.15, 0.2) is 0 Å². The molecule has 3 rings (SSSR count). The average Bonchev–Trinajstić information content (AvgIpc) is 2.95. The minimum absolute atomic E-state index is 0.0436. The van der Waals surface area contributed by atoms with E-state index in [0.717, 1.165) is 0 Å². The van der Waals surface area contributed by atoms with Crippen LogP contribution in [0.15, 0.2) is 6.07 Å². The fraction of sp³-hybridized carbons (Fsp3) is 0.500. The summed E-state index contributed by atoms with van der Waals surface area (Å²) in [5, 5.41) is 9.12. The van der Waals surface area contributed by atoms with Crippen LogP contribution in [0.2, 0.25) is 0 Å². The van der Waals surface area contributed by atoms with Gasteiger partial charge >= 0.3 is 6.03 Å². The van der Waals surface area contributed by atoms with E-state index in [1.807, 2.05) is 0 Å². The number of hydrogen-bond acceptors (Lipinski definition) is 4. The molecule has 4 N–H and O–H groups in total. The molecule has 1 aromatic heterocycles. The summed E-state index contributed by atoms with van der Waals surface area (Å²) in [5.41, 5.74) is 5.86. The number of aromatic amines is 1. The Hall–Kier alpha value is -2.25. The Balaban J connectivity index is 1.71. The zero-order valence-corrected chi connectivity index (χ0v) is 9.72. The summed E-state index contributed by atoms with van der Waals surface area (Å²) in [6, 6.07) is 1.54. The summed E-state index contributed by atoms with van der Waals surface area (Å²) in [6.45, 7) is 2.22. The van der Waals surface area contributed by atoms with Crippen LogP contribution in [0, 0.1) is 0 Å². The van der Waals surface area contributed by atoms with E-state index in [1.54, 1.807) is 9.80 Å². The van der Waals surface area contributed by atoms with Gasteiger partial charge in [-0.15, -0.1) is 0 Å². The minimum atomic E-state index is -0.127. The van der Waals surface area contributed by atoms with Crippen molar-refractivity contribution >= 4 is 17.8 Å². The van der Waals surface area contributed by atoms with Gasteiger partial charge in [0.1, 0.15) is 11.5 Å². The van der Waals surface area contributed by atoms with Gasteiger partial charge in [0.25, 0.3) is 5.91 Å². The molecule has 2 saturated heterocycles. The van der Waals surface area contributed by atoms with Crippen molar-refractivity contribution in [2.75, 3.05) is 31.9 Å². The molecule has 0 radical (unpaired) electrons. The molecule has 0 bridgehead atoms. The molecular weight excluding hydrogens is 236 g/mol. The third kappa shape index (κ3) is 1.66. The number of carbonyl (C=O) groups is 2. The average molecular weight is 250 g/mol. The molecule has 1 atom stereocenters. The van der Waals surface area contributed by atoms with Gasteiger partial charge in [-0.3, -0.25) is 9.89 Å². The number of nitrogens with zero attached hydrogens (tertiary/aromatic N) is 3. The summed E-state index contributed by atoms with van der Waals surface area (Å²) in [5.74, 6) is 0.174. The van der Waals surface area contributed by atoms with Crippen LogP contribution in [0.3, 0.4) is 0 Å². The zero-order chi connectivity index (χ0) is 12.7. The van der Waals surface area contributed by atoms with Crippen LogP contribution < -0.4 is 11.1 Å². The van der Waals surface area contributed by atoms with Crippen LogP contribution in [-0.4, -0.2) is 64.2 Å². The molecule has 18 heavy (non-hydrogen) atoms. The molecule has 2 fully saturated rings. The highest BCUT2D eigenvalue weighted by Crippen LogP contribution is 2.16. The first kappa shape index (κ1) is 10.9. The number of carbonyl (C=O) groups excluding carboxylic acids is 2. The Morgan fingerprint density at radius 2 is 2.33 bits per heavy atom. The molecule has 0 saturated carbocycles. The Bertz CT molecular complexity index is 498. The van der Waals surface area contributed by atoms with Gasteiger partial charge in [-0.25, -0.2) is 4.79 Å². The second-order valence-corrected chi connectivity index (χ2v) is 4.49. The lowest BCUT2D eigenvalue weighted by molar-refractivity contribution is 0.0611. The largest absolute Gasteiger partial charge is 0.382 e. The number of hydrogen-bond donors (Lipinski definition) is 3. The van der Waals surface area contributed by atoms with E-state index in [4.69, 9.17) is 5.73 Å². The molecule has 2 aliphatic heterocycles. The standard InChI is InChI=1S/C10H14N6O2/c11-8-3-7(13-14-8)9(17)15-1-2-16-6(5-15)4-12-10(16)18/h3,6H,1-2,4-5H2,(H,12,18)(H3,11,13,14). The van der Waals surface area contributed by atoms with Gasteiger partial charge in [0.05, 0.1) is 6.04 Å². The van der Waals surface area contributed by atoms with Gasteiger partial charge < -0.3 is 20.9 Å². The first-order valence-electron chi connectivity index (χ1n) is 5.80. The molecule has 1 aromatic rings. The molecule has 2 aliphatic rings. The molecule has 0 aliphatic carbocycles. The van der Waals surface area contributed by atoms with Crippen molar-refractivity contribution in [2.45, 2.75) is 6.04 Å². The van der Waals surface area contributed by atoms with Crippen LogP contribution in [-0.2, 0) is 0 Å². The highest BCUT2D eigenvalue weighted by molar-refractivity contribution is 5.93. The number of rotatable bonds is 1. The molecular formula is C10H14N6O2. The van der Waals surface area contributed by atoms with Gasteiger partial charge in [0, 0.05) is 32.2 Å². The van der Waals surface area contributed by atoms with E-state index in [-0.39, 0.29) is 18.0 Å². The molecule has 0 aromatic carbocycles. The number of piperazine rings is 1. The van der Waals surface area contributed by atoms with E-state index in [9.17, 15) is 9.59 Å². The molecule has 8 nitrogen and oxygen atoms in total. The topological polar surface area (TPSA) is 107 Å². The Kier molecular flexibility index (Phi) is 2.35. The van der Waals surface area contributed by atoms with Crippen LogP contribution in [0.5, 0.6) is 0 Å². The van der Waals surface area contributed by atoms with Gasteiger partial charge in [-0.2, -0.15) is 5.10 Å². The quantitative estimate of drug-likeness (QED) is 0.584. The molecule has 3 heterocycles. The number of anilines is 1. The van der Waals surface area contributed by atoms with E-state index < -0.39 is 0 Å². The first-order valence-corrected chi connectivity index (χ1v) is 5.80. The number of nitrogens with one attached hydrogen (secondary N) is 2. The third-order valence-electron chi connectivity index (χ3n) is 3.35. The van der Waals surface area contributed by atoms with Crippen LogP contribution in [0.4, 0.5) is 10.6 Å². The Morgan fingerprint density at radius 3 is 3.06 bits per heavy atom. The van der Waals surface area contributed by atoms with E-state index >= 15 is 0 Å². The summed E-state index contributed by atoms with van der Waals surface area (Å²) in [4.78, 5) is 27.1. The number of amides is 3. The lowest BCUT2D eigenvalue weighted by Gasteiger charge is -2.36. The van der Waals surface area contributed by atoms with E-state index in [0.29, 0.717) is 37.7 Å². The highest BCUT2D eigenvalue weighted by atomic mass is 16.2. The predicted molar refractivity (Wildman–Crippen MR) is 62.8 cm³/mol. The molecule has 0 spiro atoms. The van der Waals surface area contributed by atoms with Gasteiger partial charge in [0.2, 0.25) is 0 Å². The van der Waals surface area contributed by atoms with Crippen LogP contribution >= 0.6 is 0 Å². The number of nitrogen functional groups attached to an aromatic ring is 1. The van der Waals surface area contributed by atoms with Crippen molar-refractivity contribution in [1.29, 1.82) is 0 Å². The number of H-pyrrole nitrogens is 1. The Morgan fingerprint density at radius 1 is 1.50 bits per heavy atom. The highest BCUT2D eigenvalue weighted by Gasteiger charge is 2.37. The zero-order valence-electron chi connectivity index (χ0n) is 9.72. The monoisotopic (exact) mass is 250 g/mol. The van der Waals surface area contributed by atoms with E-state index in [2.05, 4.69) is 15.5 Å². The maximum atomic E-state index is 12.2. The number of nitrogens with two attached hydrogens (primary N) is 1. The molecule has 3 amide bonds. The molecule has 1 unspecified atom stereocenters. The summed E-state index contributed by atoms with van der Waals surface area (Å²) < 4.78 is 0. The molecule has 8 heteroatoms. The smallest absolute Gasteiger partial charge is 0.317 e. The van der Waals surface area contributed by atoms with Crippen LogP contribution in [0.1, 0.15) is 10.5 Å². The maximum Gasteiger partial charge on any atom is 0.317 e. The van der Waals surface area contributed by atoms with Gasteiger partial charge in [-0.05, 0) is 0 Å². The summed E-state index contributed by atoms with van der Waals surface area (Å²) >= 11 is 0. The second kappa shape index (κ2) is 3.90. The molecule has 96 valence electrons. The van der Waals surface area contributed by atoms with Crippen LogP contribution in [0.25, 0.3) is 0 Å². The number of fused-ring (bicyclic) bond motifs is 1. The number of urea groups is 1. The number of aromatic nitrogens is 2. The Labute approximate surface area is 103 Å². The van der Waals surface area contributed by atoms with Crippen molar-refractivity contribution in [1.82, 2.24) is 25.3 Å². The lowest BCUT2D eigenvalue weighted by atomic mass is 10.2. The van der Waals surface area contributed by atoms with Crippen molar-refractivity contribution in [2.24, 2.45) is 0 Å². The summed E-state index contributed by atoms with van der Waals surface area (Å²) in [7, 11) is 0. The van der Waals surface area contributed by atoms with E-state index in [1.165, 1.54) is 6.07 Å². The lowest BCUT2D eigenvalue weighted by Crippen LogP contribution is -2.53. The minimum Gasteiger partial charge on any atom is -0.382 e. The van der Waals surface area contributed by atoms with Crippen molar-refractivity contribution in [3.8, 4) is 0 Å². The van der Waals surface area contributed by atoms with Crippen molar-refractivity contribution in [3.63, 3.8) is 0 Å². The SMILES string of the molecule is Nc1cc(C(=O)N2CCN3C(=O)NCC3C2)[nH]n1. The fourth-order valence-corrected chi connectivity index (χ4v) is 2.41. The summed E-state index contributed by atoms with van der Waals surface area (Å²) in [6.07, 6.45) is 0. The fourth-order valence-electron chi connectivity index (χ4n) is 2.41. The third-order valence-corrected chi connectivity index (χ3v) is 3.35. The van der Waals surface area contributed by atoms with Crippen molar-refractivity contribution < 1.29 is 9.59 Å². The maximum absolute atomic E-state index is 12.2. The normalized spacial score (nSPS) is 22.9. The van der Waals surface area contributed by atoms with Gasteiger partial charge in [-0.1, -0.05) is 0 Å². The predicted octanol–water partition coefficient (Wildman–Crippen LogP) is -1.16. The second-order valence-electron chi connectivity index (χ2n) is 4.49. The van der Waals surface area contributed by atoms with Crippen molar-refractivity contribution in [3.05, 3.63) is 11.8 Å².